The Morgan fingerprint density at radius 1 is 1.16 bits per heavy atom. The molecule has 4 heteroatoms. The standard InChI is InChI=1S/C15H12Cl2O2/c1-10-4-2-3-5-12(10)9-19-15-13(16)6-11(8-18)7-14(15)17/h2-8H,9H2,1H3. The van der Waals surface area contributed by atoms with Gasteiger partial charge in [0.05, 0.1) is 10.0 Å². The second kappa shape index (κ2) is 6.09. The molecule has 0 aliphatic carbocycles. The van der Waals surface area contributed by atoms with Crippen molar-refractivity contribution in [2.75, 3.05) is 0 Å². The van der Waals surface area contributed by atoms with E-state index in [4.69, 9.17) is 27.9 Å². The quantitative estimate of drug-likeness (QED) is 0.765. The maximum Gasteiger partial charge on any atom is 0.157 e. The van der Waals surface area contributed by atoms with Gasteiger partial charge in [-0.25, -0.2) is 0 Å². The molecule has 2 nitrogen and oxygen atoms in total. The lowest BCUT2D eigenvalue weighted by atomic mass is 10.1. The summed E-state index contributed by atoms with van der Waals surface area (Å²) in [6.45, 7) is 2.39. The highest BCUT2D eigenvalue weighted by molar-refractivity contribution is 6.37. The summed E-state index contributed by atoms with van der Waals surface area (Å²) >= 11 is 12.1. The van der Waals surface area contributed by atoms with Crippen molar-refractivity contribution in [3.05, 3.63) is 63.1 Å². The van der Waals surface area contributed by atoms with Crippen molar-refractivity contribution in [2.24, 2.45) is 0 Å². The number of ether oxygens (including phenoxy) is 1. The minimum absolute atomic E-state index is 0.336. The number of carbonyl (C=O) groups excluding carboxylic acids is 1. The van der Waals surface area contributed by atoms with Crippen LogP contribution in [0.1, 0.15) is 21.5 Å². The molecule has 0 saturated heterocycles. The number of carbonyl (C=O) groups is 1. The van der Waals surface area contributed by atoms with E-state index in [2.05, 4.69) is 0 Å². The molecule has 0 unspecified atom stereocenters. The highest BCUT2D eigenvalue weighted by Crippen LogP contribution is 2.34. The third-order valence-electron chi connectivity index (χ3n) is 2.79. The van der Waals surface area contributed by atoms with Crippen molar-refractivity contribution in [1.82, 2.24) is 0 Å². The van der Waals surface area contributed by atoms with E-state index in [0.29, 0.717) is 34.3 Å². The zero-order valence-electron chi connectivity index (χ0n) is 10.3. The Morgan fingerprint density at radius 2 is 1.79 bits per heavy atom. The number of benzene rings is 2. The molecule has 0 aliphatic heterocycles. The summed E-state index contributed by atoms with van der Waals surface area (Å²) < 4.78 is 5.65. The fraction of sp³-hybridized carbons (Fsp3) is 0.133. The molecule has 0 aliphatic rings. The highest BCUT2D eigenvalue weighted by Gasteiger charge is 2.10. The summed E-state index contributed by atoms with van der Waals surface area (Å²) in [5, 5.41) is 0.673. The fourth-order valence-electron chi connectivity index (χ4n) is 1.71. The molecule has 0 spiro atoms. The van der Waals surface area contributed by atoms with Gasteiger partial charge in [0.15, 0.2) is 5.75 Å². The second-order valence-corrected chi connectivity index (χ2v) is 4.96. The van der Waals surface area contributed by atoms with Crippen LogP contribution in [0.3, 0.4) is 0 Å². The van der Waals surface area contributed by atoms with Crippen molar-refractivity contribution < 1.29 is 9.53 Å². The first kappa shape index (κ1) is 13.9. The van der Waals surface area contributed by atoms with E-state index in [9.17, 15) is 4.79 Å². The number of hydrogen-bond acceptors (Lipinski definition) is 2. The van der Waals surface area contributed by atoms with Crippen molar-refractivity contribution in [2.45, 2.75) is 13.5 Å². The van der Waals surface area contributed by atoms with Crippen LogP contribution in [0.5, 0.6) is 5.75 Å². The summed E-state index contributed by atoms with van der Waals surface area (Å²) in [6, 6.07) is 11.0. The molecule has 0 saturated carbocycles. The van der Waals surface area contributed by atoms with E-state index in [-0.39, 0.29) is 0 Å². The normalized spacial score (nSPS) is 10.3. The molecule has 2 aromatic carbocycles. The summed E-state index contributed by atoms with van der Waals surface area (Å²) in [6.07, 6.45) is 0.697. The van der Waals surface area contributed by atoms with Gasteiger partial charge in [-0.05, 0) is 30.2 Å². The van der Waals surface area contributed by atoms with Crippen LogP contribution in [0, 0.1) is 6.92 Å². The van der Waals surface area contributed by atoms with Gasteiger partial charge >= 0.3 is 0 Å². The Kier molecular flexibility index (Phi) is 4.46. The second-order valence-electron chi connectivity index (χ2n) is 4.15. The van der Waals surface area contributed by atoms with Gasteiger partial charge in [0.1, 0.15) is 12.9 Å². The maximum absolute atomic E-state index is 10.7. The molecule has 0 N–H and O–H groups in total. The van der Waals surface area contributed by atoms with E-state index < -0.39 is 0 Å². The first-order valence-corrected chi connectivity index (χ1v) is 6.49. The molecule has 0 bridgehead atoms. The molecule has 0 amide bonds. The van der Waals surface area contributed by atoms with Crippen molar-refractivity contribution >= 4 is 29.5 Å². The predicted octanol–water partition coefficient (Wildman–Crippen LogP) is 4.69. The van der Waals surface area contributed by atoms with Crippen LogP contribution < -0.4 is 4.74 Å². The van der Waals surface area contributed by atoms with Crippen LogP contribution in [0.2, 0.25) is 10.0 Å². The maximum atomic E-state index is 10.7. The van der Waals surface area contributed by atoms with Gasteiger partial charge in [0.25, 0.3) is 0 Å². The molecular weight excluding hydrogens is 283 g/mol. The highest BCUT2D eigenvalue weighted by atomic mass is 35.5. The largest absolute Gasteiger partial charge is 0.486 e. The minimum atomic E-state index is 0.336. The third kappa shape index (κ3) is 3.28. The van der Waals surface area contributed by atoms with Crippen LogP contribution in [0.25, 0.3) is 0 Å². The predicted molar refractivity (Wildman–Crippen MR) is 77.4 cm³/mol. The van der Waals surface area contributed by atoms with E-state index >= 15 is 0 Å². The lowest BCUT2D eigenvalue weighted by molar-refractivity contribution is 0.112. The van der Waals surface area contributed by atoms with E-state index in [0.717, 1.165) is 11.1 Å². The Morgan fingerprint density at radius 3 is 2.37 bits per heavy atom. The number of rotatable bonds is 4. The van der Waals surface area contributed by atoms with E-state index in [1.807, 2.05) is 31.2 Å². The third-order valence-corrected chi connectivity index (χ3v) is 3.35. The molecule has 0 aromatic heterocycles. The Labute approximate surface area is 121 Å². The van der Waals surface area contributed by atoms with Gasteiger partial charge in [-0.2, -0.15) is 0 Å². The zero-order chi connectivity index (χ0) is 13.8. The van der Waals surface area contributed by atoms with Crippen molar-refractivity contribution in [1.29, 1.82) is 0 Å². The van der Waals surface area contributed by atoms with E-state index in [1.165, 1.54) is 12.1 Å². The van der Waals surface area contributed by atoms with Gasteiger partial charge in [-0.1, -0.05) is 47.5 Å². The molecule has 0 heterocycles. The summed E-state index contributed by atoms with van der Waals surface area (Å²) in [5.41, 5.74) is 2.63. The first-order chi connectivity index (χ1) is 9.11. The molecule has 19 heavy (non-hydrogen) atoms. The minimum Gasteiger partial charge on any atom is -0.486 e. The molecule has 0 radical (unpaired) electrons. The fourth-order valence-corrected chi connectivity index (χ4v) is 2.32. The molecule has 2 aromatic rings. The monoisotopic (exact) mass is 294 g/mol. The van der Waals surface area contributed by atoms with Gasteiger partial charge in [0.2, 0.25) is 0 Å². The topological polar surface area (TPSA) is 26.3 Å². The Balaban J connectivity index is 2.21. The summed E-state index contributed by atoms with van der Waals surface area (Å²) in [5.74, 6) is 0.400. The zero-order valence-corrected chi connectivity index (χ0v) is 11.8. The number of halogens is 2. The summed E-state index contributed by atoms with van der Waals surface area (Å²) in [7, 11) is 0. The molecule has 0 fully saturated rings. The smallest absolute Gasteiger partial charge is 0.157 e. The van der Waals surface area contributed by atoms with Crippen LogP contribution in [-0.2, 0) is 6.61 Å². The van der Waals surface area contributed by atoms with Crippen molar-refractivity contribution in [3.8, 4) is 5.75 Å². The molecule has 2 rings (SSSR count). The molecule has 0 atom stereocenters. The average Bonchev–Trinajstić information content (AvgIpc) is 2.39. The van der Waals surface area contributed by atoms with Crippen LogP contribution in [0.15, 0.2) is 36.4 Å². The number of aldehydes is 1. The van der Waals surface area contributed by atoms with E-state index in [1.54, 1.807) is 0 Å². The summed E-state index contributed by atoms with van der Waals surface area (Å²) in [4.78, 5) is 10.7. The molecule has 98 valence electrons. The lowest BCUT2D eigenvalue weighted by Gasteiger charge is -2.12. The average molecular weight is 295 g/mol. The molecular formula is C15H12Cl2O2. The Hall–Kier alpha value is -1.51. The lowest BCUT2D eigenvalue weighted by Crippen LogP contribution is -1.99. The Bertz CT molecular complexity index is 586. The van der Waals surface area contributed by atoms with Gasteiger partial charge in [-0.3, -0.25) is 4.79 Å². The van der Waals surface area contributed by atoms with Crippen LogP contribution in [0.4, 0.5) is 0 Å². The number of aryl methyl sites for hydroxylation is 1. The van der Waals surface area contributed by atoms with Crippen molar-refractivity contribution in [3.63, 3.8) is 0 Å². The first-order valence-electron chi connectivity index (χ1n) is 5.73. The van der Waals surface area contributed by atoms with Crippen LogP contribution >= 0.6 is 23.2 Å². The SMILES string of the molecule is Cc1ccccc1COc1c(Cl)cc(C=O)cc1Cl. The van der Waals surface area contributed by atoms with Gasteiger partial charge in [-0.15, -0.1) is 0 Å². The number of hydrogen-bond donors (Lipinski definition) is 0. The van der Waals surface area contributed by atoms with Crippen LogP contribution in [-0.4, -0.2) is 6.29 Å². The van der Waals surface area contributed by atoms with Gasteiger partial charge < -0.3 is 4.74 Å². The van der Waals surface area contributed by atoms with Gasteiger partial charge in [0, 0.05) is 5.56 Å².